The summed E-state index contributed by atoms with van der Waals surface area (Å²) in [7, 11) is 0. The Kier molecular flexibility index (Phi) is 4.31. The summed E-state index contributed by atoms with van der Waals surface area (Å²) >= 11 is 9.22. The molecule has 1 fully saturated rings. The van der Waals surface area contributed by atoms with Crippen molar-refractivity contribution >= 4 is 38.9 Å². The summed E-state index contributed by atoms with van der Waals surface area (Å²) in [5, 5.41) is 4.08. The SMILES string of the molecule is Cc1cc(N2C(=S)NC(c3ccccn3)C2c2ccco2)ccc1Br. The Morgan fingerprint density at radius 3 is 2.76 bits per heavy atom. The molecule has 2 atom stereocenters. The molecule has 3 heterocycles. The van der Waals surface area contributed by atoms with Gasteiger partial charge < -0.3 is 14.6 Å². The van der Waals surface area contributed by atoms with Crippen molar-refractivity contribution in [1.29, 1.82) is 0 Å². The lowest BCUT2D eigenvalue weighted by atomic mass is 10.0. The number of aryl methyl sites for hydroxylation is 1. The summed E-state index contributed by atoms with van der Waals surface area (Å²) in [6.07, 6.45) is 3.49. The molecule has 2 aromatic heterocycles. The van der Waals surface area contributed by atoms with Crippen molar-refractivity contribution in [3.05, 3.63) is 82.5 Å². The Morgan fingerprint density at radius 1 is 1.20 bits per heavy atom. The third kappa shape index (κ3) is 2.96. The number of anilines is 1. The fourth-order valence-corrected chi connectivity index (χ4v) is 3.75. The third-order valence-corrected chi connectivity index (χ3v) is 5.56. The van der Waals surface area contributed by atoms with E-state index in [1.807, 2.05) is 36.4 Å². The number of halogens is 1. The second kappa shape index (κ2) is 6.61. The minimum Gasteiger partial charge on any atom is -0.467 e. The van der Waals surface area contributed by atoms with Crippen molar-refractivity contribution in [2.24, 2.45) is 0 Å². The van der Waals surface area contributed by atoms with Gasteiger partial charge in [-0.1, -0.05) is 22.0 Å². The van der Waals surface area contributed by atoms with Gasteiger partial charge in [0.25, 0.3) is 0 Å². The molecule has 0 spiro atoms. The number of hydrogen-bond donors (Lipinski definition) is 1. The molecule has 126 valence electrons. The summed E-state index contributed by atoms with van der Waals surface area (Å²) < 4.78 is 6.82. The maximum Gasteiger partial charge on any atom is 0.174 e. The highest BCUT2D eigenvalue weighted by Gasteiger charge is 2.42. The summed E-state index contributed by atoms with van der Waals surface area (Å²) in [6.45, 7) is 2.07. The molecule has 1 aliphatic heterocycles. The molecule has 25 heavy (non-hydrogen) atoms. The van der Waals surface area contributed by atoms with E-state index in [1.54, 1.807) is 12.5 Å². The molecule has 1 N–H and O–H groups in total. The van der Waals surface area contributed by atoms with Crippen molar-refractivity contribution in [2.45, 2.75) is 19.0 Å². The lowest BCUT2D eigenvalue weighted by molar-refractivity contribution is 0.432. The number of hydrogen-bond acceptors (Lipinski definition) is 3. The van der Waals surface area contributed by atoms with Gasteiger partial charge in [0, 0.05) is 16.4 Å². The molecule has 0 aliphatic carbocycles. The number of nitrogens with zero attached hydrogens (tertiary/aromatic N) is 2. The first-order valence-corrected chi connectivity index (χ1v) is 9.15. The highest BCUT2D eigenvalue weighted by Crippen LogP contribution is 2.42. The molecule has 6 heteroatoms. The van der Waals surface area contributed by atoms with E-state index in [4.69, 9.17) is 16.6 Å². The van der Waals surface area contributed by atoms with Gasteiger partial charge in [0.2, 0.25) is 0 Å². The summed E-state index contributed by atoms with van der Waals surface area (Å²) in [6, 6.07) is 15.8. The zero-order chi connectivity index (χ0) is 17.4. The van der Waals surface area contributed by atoms with E-state index in [9.17, 15) is 0 Å². The molecular formula is C19H16BrN3OS. The maximum atomic E-state index is 5.74. The van der Waals surface area contributed by atoms with Gasteiger partial charge in [-0.05, 0) is 67.2 Å². The fraction of sp³-hybridized carbons (Fsp3) is 0.158. The van der Waals surface area contributed by atoms with Crippen molar-refractivity contribution in [1.82, 2.24) is 10.3 Å². The zero-order valence-electron chi connectivity index (χ0n) is 13.5. The van der Waals surface area contributed by atoms with E-state index in [2.05, 4.69) is 50.2 Å². The highest BCUT2D eigenvalue weighted by molar-refractivity contribution is 9.10. The number of furan rings is 1. The van der Waals surface area contributed by atoms with Crippen LogP contribution in [0.4, 0.5) is 5.69 Å². The Labute approximate surface area is 160 Å². The number of thiocarbonyl (C=S) groups is 1. The number of nitrogens with one attached hydrogen (secondary N) is 1. The van der Waals surface area contributed by atoms with Crippen LogP contribution in [0, 0.1) is 6.92 Å². The third-order valence-electron chi connectivity index (χ3n) is 4.35. The van der Waals surface area contributed by atoms with Crippen molar-refractivity contribution in [3.63, 3.8) is 0 Å². The van der Waals surface area contributed by atoms with Crippen LogP contribution in [0.25, 0.3) is 0 Å². The monoisotopic (exact) mass is 413 g/mol. The number of aromatic nitrogens is 1. The van der Waals surface area contributed by atoms with Crippen LogP contribution < -0.4 is 10.2 Å². The quantitative estimate of drug-likeness (QED) is 0.616. The molecule has 1 aliphatic rings. The predicted molar refractivity (Wildman–Crippen MR) is 106 cm³/mol. The normalized spacial score (nSPS) is 19.9. The van der Waals surface area contributed by atoms with Gasteiger partial charge in [0.15, 0.2) is 5.11 Å². The lowest BCUT2D eigenvalue weighted by Gasteiger charge is -2.26. The van der Waals surface area contributed by atoms with Gasteiger partial charge in [0.1, 0.15) is 11.8 Å². The van der Waals surface area contributed by atoms with Crippen LogP contribution in [0.3, 0.4) is 0 Å². The van der Waals surface area contributed by atoms with E-state index < -0.39 is 0 Å². The van der Waals surface area contributed by atoms with E-state index in [-0.39, 0.29) is 12.1 Å². The van der Waals surface area contributed by atoms with Gasteiger partial charge in [-0.2, -0.15) is 0 Å². The molecule has 0 amide bonds. The van der Waals surface area contributed by atoms with Crippen LogP contribution in [-0.2, 0) is 0 Å². The maximum absolute atomic E-state index is 5.74. The Balaban J connectivity index is 1.82. The first-order chi connectivity index (χ1) is 12.1. The molecule has 1 aromatic carbocycles. The van der Waals surface area contributed by atoms with Crippen LogP contribution in [0.5, 0.6) is 0 Å². The van der Waals surface area contributed by atoms with Crippen molar-refractivity contribution in [2.75, 3.05) is 4.90 Å². The van der Waals surface area contributed by atoms with Crippen LogP contribution in [-0.4, -0.2) is 10.1 Å². The van der Waals surface area contributed by atoms with E-state index >= 15 is 0 Å². The predicted octanol–water partition coefficient (Wildman–Crippen LogP) is 4.92. The van der Waals surface area contributed by atoms with Crippen molar-refractivity contribution in [3.8, 4) is 0 Å². The van der Waals surface area contributed by atoms with Crippen LogP contribution in [0.15, 0.2) is 69.9 Å². The minimum absolute atomic E-state index is 0.0798. The van der Waals surface area contributed by atoms with E-state index in [0.717, 1.165) is 27.2 Å². The lowest BCUT2D eigenvalue weighted by Crippen LogP contribution is -2.29. The topological polar surface area (TPSA) is 41.3 Å². The second-order valence-electron chi connectivity index (χ2n) is 5.95. The van der Waals surface area contributed by atoms with E-state index in [1.165, 1.54) is 0 Å². The van der Waals surface area contributed by atoms with Gasteiger partial charge in [-0.3, -0.25) is 4.98 Å². The zero-order valence-corrected chi connectivity index (χ0v) is 15.9. The van der Waals surface area contributed by atoms with Crippen LogP contribution in [0.2, 0.25) is 0 Å². The van der Waals surface area contributed by atoms with Gasteiger partial charge >= 0.3 is 0 Å². The van der Waals surface area contributed by atoms with Gasteiger partial charge in [-0.15, -0.1) is 0 Å². The molecule has 4 nitrogen and oxygen atoms in total. The molecule has 0 radical (unpaired) electrons. The van der Waals surface area contributed by atoms with Gasteiger partial charge in [0.05, 0.1) is 18.0 Å². The number of benzene rings is 1. The molecule has 4 rings (SSSR count). The molecule has 3 aromatic rings. The minimum atomic E-state index is -0.0991. The molecule has 0 saturated carbocycles. The smallest absolute Gasteiger partial charge is 0.174 e. The summed E-state index contributed by atoms with van der Waals surface area (Å²) in [5.74, 6) is 0.851. The molecule has 2 unspecified atom stereocenters. The molecule has 0 bridgehead atoms. The average molecular weight is 414 g/mol. The largest absolute Gasteiger partial charge is 0.467 e. The van der Waals surface area contributed by atoms with Crippen LogP contribution >= 0.6 is 28.1 Å². The van der Waals surface area contributed by atoms with Crippen LogP contribution in [0.1, 0.15) is 29.1 Å². The first kappa shape index (κ1) is 16.3. The fourth-order valence-electron chi connectivity index (χ4n) is 3.16. The Hall–Kier alpha value is -2.18. The van der Waals surface area contributed by atoms with Gasteiger partial charge in [-0.25, -0.2) is 0 Å². The molecule has 1 saturated heterocycles. The Morgan fingerprint density at radius 2 is 2.08 bits per heavy atom. The summed E-state index contributed by atoms with van der Waals surface area (Å²) in [5.41, 5.74) is 3.11. The second-order valence-corrected chi connectivity index (χ2v) is 7.19. The average Bonchev–Trinajstić information content (AvgIpc) is 3.25. The Bertz CT molecular complexity index is 898. The van der Waals surface area contributed by atoms with E-state index in [0.29, 0.717) is 5.11 Å². The number of rotatable bonds is 3. The first-order valence-electron chi connectivity index (χ1n) is 7.95. The highest BCUT2D eigenvalue weighted by atomic mass is 79.9. The summed E-state index contributed by atoms with van der Waals surface area (Å²) in [4.78, 5) is 6.62. The standard InChI is InChI=1S/C19H16BrN3OS/c1-12-11-13(7-8-14(12)20)23-18(16-6-4-10-24-16)17(22-19(23)25)15-5-2-3-9-21-15/h2-11,17-18H,1H3,(H,22,25). The van der Waals surface area contributed by atoms with Crippen molar-refractivity contribution < 1.29 is 4.42 Å². The number of pyridine rings is 1. The molecular weight excluding hydrogens is 398 g/mol.